The lowest BCUT2D eigenvalue weighted by atomic mass is 10.1. The van der Waals surface area contributed by atoms with Gasteiger partial charge in [-0.3, -0.25) is 9.10 Å². The molecule has 0 aliphatic carbocycles. The highest BCUT2D eigenvalue weighted by Crippen LogP contribution is 2.23. The van der Waals surface area contributed by atoms with Crippen molar-refractivity contribution in [2.45, 2.75) is 13.8 Å². The van der Waals surface area contributed by atoms with Crippen molar-refractivity contribution < 1.29 is 13.2 Å². The van der Waals surface area contributed by atoms with Crippen LogP contribution in [0.15, 0.2) is 42.5 Å². The average molecular weight is 436 g/mol. The number of hydrogen-bond donors (Lipinski definition) is 0. The summed E-state index contributed by atoms with van der Waals surface area (Å²) in [5.74, 6) is -0.194. The van der Waals surface area contributed by atoms with E-state index in [2.05, 4.69) is 4.90 Å². The molecule has 2 aromatic carbocycles. The maximum Gasteiger partial charge on any atom is 0.243 e. The molecule has 29 heavy (non-hydrogen) atoms. The summed E-state index contributed by atoms with van der Waals surface area (Å²) in [6.45, 7) is 6.05. The summed E-state index contributed by atoms with van der Waals surface area (Å²) in [7, 11) is -3.58. The molecule has 0 N–H and O–H groups in total. The molecule has 3 rings (SSSR count). The molecule has 0 atom stereocenters. The number of halogens is 1. The van der Waals surface area contributed by atoms with Gasteiger partial charge in [0.2, 0.25) is 15.9 Å². The standard InChI is InChI=1S/C21H26ClN3O3S/c1-16-11-17(2)13-20(12-16)25(29(3,27)28)15-21(26)24-9-7-23(8-10-24)19-6-4-5-18(22)14-19/h4-6,11-14H,7-10,15H2,1-3H3. The number of amides is 1. The van der Waals surface area contributed by atoms with E-state index in [0.29, 0.717) is 36.9 Å². The third-order valence-corrected chi connectivity index (χ3v) is 6.36. The summed E-state index contributed by atoms with van der Waals surface area (Å²) in [6, 6.07) is 13.2. The van der Waals surface area contributed by atoms with Crippen LogP contribution in [-0.4, -0.2) is 58.2 Å². The van der Waals surface area contributed by atoms with Gasteiger partial charge in [0.25, 0.3) is 0 Å². The Kier molecular flexibility index (Phi) is 6.39. The van der Waals surface area contributed by atoms with Crippen LogP contribution in [0, 0.1) is 13.8 Å². The third-order valence-electron chi connectivity index (χ3n) is 4.98. The molecule has 8 heteroatoms. The first-order valence-corrected chi connectivity index (χ1v) is 11.7. The van der Waals surface area contributed by atoms with Crippen molar-refractivity contribution in [3.8, 4) is 0 Å². The Morgan fingerprint density at radius 2 is 1.66 bits per heavy atom. The number of anilines is 2. The predicted octanol–water partition coefficient (Wildman–Crippen LogP) is 3.07. The van der Waals surface area contributed by atoms with E-state index in [1.807, 2.05) is 44.2 Å². The zero-order valence-electron chi connectivity index (χ0n) is 16.9. The molecule has 0 unspecified atom stereocenters. The fourth-order valence-corrected chi connectivity index (χ4v) is 4.62. The van der Waals surface area contributed by atoms with E-state index >= 15 is 0 Å². The summed E-state index contributed by atoms with van der Waals surface area (Å²) in [5.41, 5.74) is 3.46. The van der Waals surface area contributed by atoms with E-state index in [-0.39, 0.29) is 12.5 Å². The Hall–Kier alpha value is -2.25. The van der Waals surface area contributed by atoms with Crippen molar-refractivity contribution in [1.82, 2.24) is 4.90 Å². The first-order chi connectivity index (χ1) is 13.6. The summed E-state index contributed by atoms with van der Waals surface area (Å²) in [5, 5.41) is 0.679. The molecule has 156 valence electrons. The van der Waals surface area contributed by atoms with Gasteiger partial charge in [0.1, 0.15) is 6.54 Å². The van der Waals surface area contributed by atoms with Crippen molar-refractivity contribution in [3.63, 3.8) is 0 Å². The van der Waals surface area contributed by atoms with Crippen LogP contribution in [0.5, 0.6) is 0 Å². The maximum atomic E-state index is 12.9. The Balaban J connectivity index is 1.69. The molecule has 6 nitrogen and oxygen atoms in total. The number of carbonyl (C=O) groups excluding carboxylic acids is 1. The lowest BCUT2D eigenvalue weighted by molar-refractivity contribution is -0.129. The largest absolute Gasteiger partial charge is 0.368 e. The fourth-order valence-electron chi connectivity index (χ4n) is 3.60. The van der Waals surface area contributed by atoms with Crippen molar-refractivity contribution in [2.24, 2.45) is 0 Å². The van der Waals surface area contributed by atoms with Crippen LogP contribution in [0.3, 0.4) is 0 Å². The van der Waals surface area contributed by atoms with E-state index in [1.165, 1.54) is 4.31 Å². The number of carbonyl (C=O) groups is 1. The Bertz CT molecular complexity index is 982. The minimum atomic E-state index is -3.58. The van der Waals surface area contributed by atoms with E-state index in [1.54, 1.807) is 17.0 Å². The first kappa shape index (κ1) is 21.5. The Morgan fingerprint density at radius 3 is 2.21 bits per heavy atom. The molecular weight excluding hydrogens is 410 g/mol. The second kappa shape index (κ2) is 8.63. The number of aryl methyl sites for hydroxylation is 2. The number of hydrogen-bond acceptors (Lipinski definition) is 4. The maximum absolute atomic E-state index is 12.9. The van der Waals surface area contributed by atoms with Gasteiger partial charge >= 0.3 is 0 Å². The highest BCUT2D eigenvalue weighted by Gasteiger charge is 2.27. The topological polar surface area (TPSA) is 60.9 Å². The molecular formula is C21H26ClN3O3S. The van der Waals surface area contributed by atoms with Gasteiger partial charge in [0, 0.05) is 36.9 Å². The first-order valence-electron chi connectivity index (χ1n) is 9.48. The van der Waals surface area contributed by atoms with Crippen molar-refractivity contribution in [1.29, 1.82) is 0 Å². The van der Waals surface area contributed by atoms with E-state index in [0.717, 1.165) is 23.1 Å². The summed E-state index contributed by atoms with van der Waals surface area (Å²) < 4.78 is 25.9. The van der Waals surface area contributed by atoms with Crippen molar-refractivity contribution in [3.05, 3.63) is 58.6 Å². The number of nitrogens with zero attached hydrogens (tertiary/aromatic N) is 3. The van der Waals surface area contributed by atoms with Gasteiger partial charge in [0.05, 0.1) is 11.9 Å². The van der Waals surface area contributed by atoms with Gasteiger partial charge in [-0.25, -0.2) is 8.42 Å². The molecule has 1 fully saturated rings. The molecule has 0 aromatic heterocycles. The SMILES string of the molecule is Cc1cc(C)cc(N(CC(=O)N2CCN(c3cccc(Cl)c3)CC2)S(C)(=O)=O)c1. The minimum absolute atomic E-state index is 0.194. The Labute approximate surface area is 177 Å². The van der Waals surface area contributed by atoms with Gasteiger partial charge in [-0.15, -0.1) is 0 Å². The van der Waals surface area contributed by atoms with Crippen LogP contribution in [0.2, 0.25) is 5.02 Å². The van der Waals surface area contributed by atoms with Crippen LogP contribution in [0.4, 0.5) is 11.4 Å². The van der Waals surface area contributed by atoms with E-state index < -0.39 is 10.0 Å². The van der Waals surface area contributed by atoms with Crippen molar-refractivity contribution >= 4 is 38.9 Å². The summed E-state index contributed by atoms with van der Waals surface area (Å²) in [6.07, 6.45) is 1.13. The van der Waals surface area contributed by atoms with Crippen LogP contribution in [-0.2, 0) is 14.8 Å². The molecule has 2 aromatic rings. The number of piperazine rings is 1. The molecule has 1 aliphatic heterocycles. The summed E-state index contributed by atoms with van der Waals surface area (Å²) >= 11 is 6.07. The Morgan fingerprint density at radius 1 is 1.03 bits per heavy atom. The highest BCUT2D eigenvalue weighted by molar-refractivity contribution is 7.92. The lowest BCUT2D eigenvalue weighted by Crippen LogP contribution is -2.52. The zero-order valence-corrected chi connectivity index (χ0v) is 18.5. The predicted molar refractivity (Wildman–Crippen MR) is 118 cm³/mol. The number of sulfonamides is 1. The lowest BCUT2D eigenvalue weighted by Gasteiger charge is -2.37. The molecule has 0 spiro atoms. The van der Waals surface area contributed by atoms with Gasteiger partial charge in [-0.05, 0) is 55.3 Å². The van der Waals surface area contributed by atoms with Gasteiger partial charge in [-0.2, -0.15) is 0 Å². The molecule has 0 saturated carbocycles. The van der Waals surface area contributed by atoms with E-state index in [4.69, 9.17) is 11.6 Å². The smallest absolute Gasteiger partial charge is 0.243 e. The van der Waals surface area contributed by atoms with Crippen LogP contribution >= 0.6 is 11.6 Å². The molecule has 1 aliphatic rings. The second-order valence-corrected chi connectivity index (χ2v) is 9.81. The molecule has 0 radical (unpaired) electrons. The molecule has 1 heterocycles. The van der Waals surface area contributed by atoms with Crippen molar-refractivity contribution in [2.75, 3.05) is 48.2 Å². The highest BCUT2D eigenvalue weighted by atomic mass is 35.5. The molecule has 1 amide bonds. The zero-order chi connectivity index (χ0) is 21.2. The second-order valence-electron chi connectivity index (χ2n) is 7.46. The quantitative estimate of drug-likeness (QED) is 0.724. The normalized spacial score (nSPS) is 14.8. The number of rotatable bonds is 5. The minimum Gasteiger partial charge on any atom is -0.368 e. The van der Waals surface area contributed by atoms with Gasteiger partial charge < -0.3 is 9.80 Å². The van der Waals surface area contributed by atoms with Crippen LogP contribution in [0.25, 0.3) is 0 Å². The van der Waals surface area contributed by atoms with E-state index in [9.17, 15) is 13.2 Å². The molecule has 0 bridgehead atoms. The monoisotopic (exact) mass is 435 g/mol. The third kappa shape index (κ3) is 5.42. The van der Waals surface area contributed by atoms with Crippen LogP contribution < -0.4 is 9.21 Å². The summed E-state index contributed by atoms with van der Waals surface area (Å²) in [4.78, 5) is 16.8. The van der Waals surface area contributed by atoms with Gasteiger partial charge in [-0.1, -0.05) is 23.7 Å². The van der Waals surface area contributed by atoms with Gasteiger partial charge in [0.15, 0.2) is 0 Å². The molecule has 1 saturated heterocycles. The van der Waals surface area contributed by atoms with Crippen LogP contribution in [0.1, 0.15) is 11.1 Å². The fraction of sp³-hybridized carbons (Fsp3) is 0.381. The number of benzene rings is 2. The average Bonchev–Trinajstić information content (AvgIpc) is 2.64.